The Labute approximate surface area is 127 Å². The Balaban J connectivity index is 3.30. The third-order valence-electron chi connectivity index (χ3n) is 3.10. The van der Waals surface area contributed by atoms with Crippen LogP contribution in [0.3, 0.4) is 0 Å². The molecule has 0 N–H and O–H groups in total. The average Bonchev–Trinajstić information content (AvgIpc) is 2.44. The predicted octanol–water partition coefficient (Wildman–Crippen LogP) is 4.37. The van der Waals surface area contributed by atoms with Gasteiger partial charge in [-0.15, -0.1) is 0 Å². The fraction of sp³-hybridized carbons (Fsp3) is 0.389. The van der Waals surface area contributed by atoms with Crippen LogP contribution in [-0.4, -0.2) is 20.0 Å². The van der Waals surface area contributed by atoms with Crippen molar-refractivity contribution in [3.8, 4) is 11.5 Å². The van der Waals surface area contributed by atoms with Crippen molar-refractivity contribution >= 4 is 17.9 Å². The highest BCUT2D eigenvalue weighted by Crippen LogP contribution is 2.35. The molecule has 1 rings (SSSR count). The number of ketones is 1. The van der Waals surface area contributed by atoms with Crippen molar-refractivity contribution in [2.24, 2.45) is 5.41 Å². The van der Waals surface area contributed by atoms with Gasteiger partial charge in [-0.1, -0.05) is 45.1 Å². The highest BCUT2D eigenvalue weighted by atomic mass is 16.5. The predicted molar refractivity (Wildman–Crippen MR) is 87.8 cm³/mol. The first kappa shape index (κ1) is 17.0. The standard InChI is InChI=1S/C18H24O3/c1-7-8-14-13(10-12-16(19)18(2,3)4)9-11-15(20-5)17(14)21-6/h7-12H,1-6H3/b8-7+,12-10+. The van der Waals surface area contributed by atoms with Crippen LogP contribution in [0.25, 0.3) is 12.2 Å². The van der Waals surface area contributed by atoms with E-state index in [4.69, 9.17) is 9.47 Å². The second kappa shape index (κ2) is 7.11. The van der Waals surface area contributed by atoms with Gasteiger partial charge in [-0.25, -0.2) is 0 Å². The molecule has 0 aliphatic rings. The summed E-state index contributed by atoms with van der Waals surface area (Å²) in [5.41, 5.74) is 1.44. The summed E-state index contributed by atoms with van der Waals surface area (Å²) in [5.74, 6) is 1.43. The fourth-order valence-electron chi connectivity index (χ4n) is 1.87. The van der Waals surface area contributed by atoms with Crippen LogP contribution in [0.5, 0.6) is 11.5 Å². The van der Waals surface area contributed by atoms with Gasteiger partial charge in [-0.05, 0) is 24.6 Å². The lowest BCUT2D eigenvalue weighted by molar-refractivity contribution is -0.121. The maximum Gasteiger partial charge on any atom is 0.168 e. The third kappa shape index (κ3) is 4.22. The Kier molecular flexibility index (Phi) is 5.77. The fourth-order valence-corrected chi connectivity index (χ4v) is 1.87. The zero-order valence-corrected chi connectivity index (χ0v) is 13.7. The minimum absolute atomic E-state index is 0.0868. The van der Waals surface area contributed by atoms with E-state index in [0.717, 1.165) is 11.1 Å². The summed E-state index contributed by atoms with van der Waals surface area (Å²) in [5, 5.41) is 0. The van der Waals surface area contributed by atoms with Gasteiger partial charge in [0.25, 0.3) is 0 Å². The summed E-state index contributed by atoms with van der Waals surface area (Å²) in [6, 6.07) is 3.76. The molecular weight excluding hydrogens is 264 g/mol. The van der Waals surface area contributed by atoms with Gasteiger partial charge >= 0.3 is 0 Å². The lowest BCUT2D eigenvalue weighted by atomic mass is 9.90. The van der Waals surface area contributed by atoms with Crippen molar-refractivity contribution in [1.82, 2.24) is 0 Å². The molecule has 0 spiro atoms. The molecule has 0 saturated heterocycles. The van der Waals surface area contributed by atoms with Gasteiger partial charge in [-0.2, -0.15) is 0 Å². The van der Waals surface area contributed by atoms with Gasteiger partial charge in [0.2, 0.25) is 0 Å². The Hall–Kier alpha value is -2.03. The number of hydrogen-bond donors (Lipinski definition) is 0. The molecule has 21 heavy (non-hydrogen) atoms. The van der Waals surface area contributed by atoms with E-state index < -0.39 is 0 Å². The molecule has 0 aliphatic heterocycles. The molecule has 0 amide bonds. The molecule has 0 atom stereocenters. The Morgan fingerprint density at radius 1 is 1.10 bits per heavy atom. The topological polar surface area (TPSA) is 35.5 Å². The van der Waals surface area contributed by atoms with Gasteiger partial charge in [0, 0.05) is 11.0 Å². The Morgan fingerprint density at radius 2 is 1.76 bits per heavy atom. The van der Waals surface area contributed by atoms with E-state index in [9.17, 15) is 4.79 Å². The third-order valence-corrected chi connectivity index (χ3v) is 3.10. The van der Waals surface area contributed by atoms with Gasteiger partial charge < -0.3 is 9.47 Å². The van der Waals surface area contributed by atoms with Crippen molar-refractivity contribution in [3.05, 3.63) is 35.4 Å². The molecule has 0 radical (unpaired) electrons. The highest BCUT2D eigenvalue weighted by Gasteiger charge is 2.18. The highest BCUT2D eigenvalue weighted by molar-refractivity contribution is 5.97. The molecular formula is C18H24O3. The van der Waals surface area contributed by atoms with Gasteiger partial charge in [-0.3, -0.25) is 4.79 Å². The Bertz CT molecular complexity index is 561. The number of methoxy groups -OCH3 is 2. The molecule has 3 nitrogen and oxygen atoms in total. The molecule has 0 aromatic heterocycles. The van der Waals surface area contributed by atoms with Crippen LogP contribution in [0.2, 0.25) is 0 Å². The monoisotopic (exact) mass is 288 g/mol. The zero-order valence-electron chi connectivity index (χ0n) is 13.7. The van der Waals surface area contributed by atoms with Crippen LogP contribution in [0.4, 0.5) is 0 Å². The van der Waals surface area contributed by atoms with E-state index in [1.165, 1.54) is 0 Å². The van der Waals surface area contributed by atoms with E-state index in [0.29, 0.717) is 11.5 Å². The summed E-state index contributed by atoms with van der Waals surface area (Å²) in [6.45, 7) is 7.65. The Morgan fingerprint density at radius 3 is 2.24 bits per heavy atom. The van der Waals surface area contributed by atoms with Crippen LogP contribution < -0.4 is 9.47 Å². The van der Waals surface area contributed by atoms with E-state index in [-0.39, 0.29) is 11.2 Å². The van der Waals surface area contributed by atoms with Gasteiger partial charge in [0.05, 0.1) is 14.2 Å². The van der Waals surface area contributed by atoms with Gasteiger partial charge in [0.15, 0.2) is 17.3 Å². The van der Waals surface area contributed by atoms with E-state index >= 15 is 0 Å². The summed E-state index contributed by atoms with van der Waals surface area (Å²) in [6.07, 6.45) is 7.32. The first-order valence-electron chi connectivity index (χ1n) is 6.95. The number of carbonyl (C=O) groups excluding carboxylic acids is 1. The second-order valence-corrected chi connectivity index (χ2v) is 5.75. The van der Waals surface area contributed by atoms with Crippen molar-refractivity contribution < 1.29 is 14.3 Å². The zero-order chi connectivity index (χ0) is 16.0. The van der Waals surface area contributed by atoms with E-state index in [1.54, 1.807) is 20.3 Å². The maximum absolute atomic E-state index is 12.0. The molecule has 0 bridgehead atoms. The minimum Gasteiger partial charge on any atom is -0.493 e. The summed E-state index contributed by atoms with van der Waals surface area (Å²) < 4.78 is 10.7. The van der Waals surface area contributed by atoms with E-state index in [2.05, 4.69) is 0 Å². The van der Waals surface area contributed by atoms with Crippen molar-refractivity contribution in [2.75, 3.05) is 14.2 Å². The normalized spacial score (nSPS) is 12.1. The second-order valence-electron chi connectivity index (χ2n) is 5.75. The number of rotatable bonds is 5. The van der Waals surface area contributed by atoms with Gasteiger partial charge in [0.1, 0.15) is 0 Å². The van der Waals surface area contributed by atoms with Crippen LogP contribution >= 0.6 is 0 Å². The molecule has 3 heteroatoms. The first-order chi connectivity index (χ1) is 9.85. The van der Waals surface area contributed by atoms with Crippen LogP contribution in [0.1, 0.15) is 38.8 Å². The molecule has 0 heterocycles. The number of benzene rings is 1. The summed E-state index contributed by atoms with van der Waals surface area (Å²) in [7, 11) is 3.22. The molecule has 0 fully saturated rings. The molecule has 1 aromatic rings. The largest absolute Gasteiger partial charge is 0.493 e. The van der Waals surface area contributed by atoms with E-state index in [1.807, 2.05) is 58.1 Å². The molecule has 0 saturated carbocycles. The molecule has 0 unspecified atom stereocenters. The summed E-state index contributed by atoms with van der Waals surface area (Å²) in [4.78, 5) is 12.0. The smallest absolute Gasteiger partial charge is 0.168 e. The van der Waals surface area contributed by atoms with Crippen molar-refractivity contribution in [1.29, 1.82) is 0 Å². The number of allylic oxidation sites excluding steroid dienone is 2. The number of hydrogen-bond acceptors (Lipinski definition) is 3. The minimum atomic E-state index is -0.381. The lowest BCUT2D eigenvalue weighted by Crippen LogP contribution is -2.17. The van der Waals surface area contributed by atoms with Crippen LogP contribution in [0, 0.1) is 5.41 Å². The lowest BCUT2D eigenvalue weighted by Gasteiger charge is -2.14. The SMILES string of the molecule is C/C=C/c1c(/C=C/C(=O)C(C)(C)C)ccc(OC)c1OC. The van der Waals surface area contributed by atoms with Crippen molar-refractivity contribution in [2.45, 2.75) is 27.7 Å². The molecule has 0 aliphatic carbocycles. The molecule has 1 aromatic carbocycles. The summed E-state index contributed by atoms with van der Waals surface area (Å²) >= 11 is 0. The quantitative estimate of drug-likeness (QED) is 0.755. The average molecular weight is 288 g/mol. The molecule has 114 valence electrons. The van der Waals surface area contributed by atoms with Crippen molar-refractivity contribution in [3.63, 3.8) is 0 Å². The van der Waals surface area contributed by atoms with Crippen LogP contribution in [-0.2, 0) is 4.79 Å². The number of carbonyl (C=O) groups is 1. The number of ether oxygens (including phenoxy) is 2. The van der Waals surface area contributed by atoms with Crippen LogP contribution in [0.15, 0.2) is 24.3 Å². The maximum atomic E-state index is 12.0. The first-order valence-corrected chi connectivity index (χ1v) is 6.95.